The zero-order valence-electron chi connectivity index (χ0n) is 18.1. The molecule has 2 N–H and O–H groups in total. The predicted octanol–water partition coefficient (Wildman–Crippen LogP) is 3.16. The molecule has 1 aromatic carbocycles. The molecule has 0 bridgehead atoms. The molecule has 1 saturated heterocycles. The molecule has 3 aromatic rings. The average molecular weight is 452 g/mol. The number of hydrogen-bond acceptors (Lipinski definition) is 4. The highest BCUT2D eigenvalue weighted by Gasteiger charge is 2.36. The van der Waals surface area contributed by atoms with Crippen molar-refractivity contribution < 1.29 is 19.1 Å². The molecule has 0 atom stereocenters. The summed E-state index contributed by atoms with van der Waals surface area (Å²) in [6, 6.07) is 9.26. The number of nitrogens with zero attached hydrogens (tertiary/aromatic N) is 3. The molecular formula is C24H25FN4O4. The number of carbonyl (C=O) groups is 2. The summed E-state index contributed by atoms with van der Waals surface area (Å²) in [6.45, 7) is -0.127. The number of alkyl halides is 1. The SMILES string of the molecule is O=C(O)c1nn2c(=O)cc(-c3ccc(CC4CCCC4)cc3)[nH]c2c1C(=O)N1CC(CF)C1. The highest BCUT2D eigenvalue weighted by atomic mass is 19.1. The van der Waals surface area contributed by atoms with Crippen LogP contribution in [0.3, 0.4) is 0 Å². The second-order valence-electron chi connectivity index (χ2n) is 9.09. The van der Waals surface area contributed by atoms with E-state index < -0.39 is 29.8 Å². The number of aromatic carboxylic acids is 1. The second kappa shape index (κ2) is 8.46. The number of aromatic amines is 1. The van der Waals surface area contributed by atoms with E-state index in [1.165, 1.54) is 42.2 Å². The van der Waals surface area contributed by atoms with Gasteiger partial charge in [0.1, 0.15) is 5.56 Å². The van der Waals surface area contributed by atoms with Crippen molar-refractivity contribution in [2.75, 3.05) is 19.8 Å². The van der Waals surface area contributed by atoms with Crippen LogP contribution in [-0.4, -0.2) is 56.2 Å². The largest absolute Gasteiger partial charge is 0.476 e. The summed E-state index contributed by atoms with van der Waals surface area (Å²) in [5.74, 6) is -1.51. The fourth-order valence-electron chi connectivity index (χ4n) is 4.91. The molecule has 3 heterocycles. The van der Waals surface area contributed by atoms with Crippen LogP contribution in [0.5, 0.6) is 0 Å². The van der Waals surface area contributed by atoms with Gasteiger partial charge in [-0.15, -0.1) is 0 Å². The lowest BCUT2D eigenvalue weighted by atomic mass is 9.97. The molecule has 172 valence electrons. The fourth-order valence-corrected chi connectivity index (χ4v) is 4.91. The molecule has 1 amide bonds. The maximum absolute atomic E-state index is 13.0. The number of amides is 1. The first-order valence-electron chi connectivity index (χ1n) is 11.3. The Kier molecular flexibility index (Phi) is 5.47. The van der Waals surface area contributed by atoms with Crippen LogP contribution in [0.25, 0.3) is 16.9 Å². The van der Waals surface area contributed by atoms with Crippen LogP contribution in [0, 0.1) is 11.8 Å². The highest BCUT2D eigenvalue weighted by Crippen LogP contribution is 2.29. The number of carbonyl (C=O) groups excluding carboxylic acids is 1. The summed E-state index contributed by atoms with van der Waals surface area (Å²) in [5, 5.41) is 13.5. The van der Waals surface area contributed by atoms with Crippen molar-refractivity contribution in [2.45, 2.75) is 32.1 Å². The van der Waals surface area contributed by atoms with Crippen LogP contribution in [0.1, 0.15) is 52.1 Å². The van der Waals surface area contributed by atoms with Gasteiger partial charge < -0.3 is 15.0 Å². The van der Waals surface area contributed by atoms with E-state index in [4.69, 9.17) is 0 Å². The van der Waals surface area contributed by atoms with Gasteiger partial charge in [-0.25, -0.2) is 4.79 Å². The Morgan fingerprint density at radius 3 is 2.45 bits per heavy atom. The number of likely N-dealkylation sites (tertiary alicyclic amines) is 1. The zero-order valence-corrected chi connectivity index (χ0v) is 18.1. The number of carboxylic acid groups (broad SMARTS) is 1. The van der Waals surface area contributed by atoms with Crippen LogP contribution in [0.4, 0.5) is 4.39 Å². The Morgan fingerprint density at radius 2 is 1.82 bits per heavy atom. The van der Waals surface area contributed by atoms with E-state index >= 15 is 0 Å². The highest BCUT2D eigenvalue weighted by molar-refractivity contribution is 6.08. The van der Waals surface area contributed by atoms with Gasteiger partial charge in [0, 0.05) is 25.1 Å². The van der Waals surface area contributed by atoms with Gasteiger partial charge in [-0.1, -0.05) is 49.9 Å². The van der Waals surface area contributed by atoms with E-state index in [-0.39, 0.29) is 30.2 Å². The standard InChI is InChI=1S/C24H25FN4O4/c25-11-16-12-28(13-16)23(31)20-21(24(32)33)27-29-19(30)10-18(26-22(20)29)17-7-5-15(6-8-17)9-14-3-1-2-4-14/h5-8,10,14,16,26H,1-4,9,11-13H2,(H,32,33). The third-order valence-electron chi connectivity index (χ3n) is 6.76. The van der Waals surface area contributed by atoms with Gasteiger partial charge in [0.25, 0.3) is 11.5 Å². The smallest absolute Gasteiger partial charge is 0.357 e. The third-order valence-corrected chi connectivity index (χ3v) is 6.76. The van der Waals surface area contributed by atoms with Crippen molar-refractivity contribution in [1.82, 2.24) is 19.5 Å². The number of aromatic nitrogens is 3. The van der Waals surface area contributed by atoms with Gasteiger partial charge >= 0.3 is 5.97 Å². The first kappa shape index (κ1) is 21.4. The molecule has 1 aliphatic heterocycles. The Labute approximate surface area is 189 Å². The first-order valence-corrected chi connectivity index (χ1v) is 11.3. The molecule has 0 radical (unpaired) electrons. The van der Waals surface area contributed by atoms with Gasteiger partial charge in [0.15, 0.2) is 11.3 Å². The normalized spacial score (nSPS) is 16.9. The summed E-state index contributed by atoms with van der Waals surface area (Å²) in [7, 11) is 0. The molecule has 8 nitrogen and oxygen atoms in total. The topological polar surface area (TPSA) is 108 Å². The molecule has 0 unspecified atom stereocenters. The van der Waals surface area contributed by atoms with Crippen molar-refractivity contribution in [3.05, 3.63) is 57.5 Å². The minimum absolute atomic E-state index is 0.0265. The van der Waals surface area contributed by atoms with E-state index in [0.717, 1.165) is 22.4 Å². The number of rotatable bonds is 6. The maximum Gasteiger partial charge on any atom is 0.357 e. The van der Waals surface area contributed by atoms with Gasteiger partial charge in [0.2, 0.25) is 0 Å². The van der Waals surface area contributed by atoms with Crippen molar-refractivity contribution >= 4 is 17.5 Å². The number of H-pyrrole nitrogens is 1. The molecule has 9 heteroatoms. The van der Waals surface area contributed by atoms with Crippen molar-refractivity contribution in [3.8, 4) is 11.3 Å². The van der Waals surface area contributed by atoms with E-state index in [0.29, 0.717) is 5.69 Å². The summed E-state index contributed by atoms with van der Waals surface area (Å²) in [4.78, 5) is 42.0. The number of fused-ring (bicyclic) bond motifs is 1. The van der Waals surface area contributed by atoms with Crippen molar-refractivity contribution in [1.29, 1.82) is 0 Å². The third kappa shape index (κ3) is 3.92. The molecule has 33 heavy (non-hydrogen) atoms. The molecule has 2 aromatic heterocycles. The Balaban J connectivity index is 1.51. The lowest BCUT2D eigenvalue weighted by molar-refractivity contribution is 0.0447. The molecule has 2 aliphatic rings. The summed E-state index contributed by atoms with van der Waals surface area (Å²) >= 11 is 0. The minimum Gasteiger partial charge on any atom is -0.476 e. The van der Waals surface area contributed by atoms with Crippen molar-refractivity contribution in [2.24, 2.45) is 11.8 Å². The van der Waals surface area contributed by atoms with Crippen LogP contribution < -0.4 is 5.56 Å². The predicted molar refractivity (Wildman–Crippen MR) is 119 cm³/mol. The molecule has 2 fully saturated rings. The fraction of sp³-hybridized carbons (Fsp3) is 0.417. The Bertz CT molecular complexity index is 1270. The molecule has 1 saturated carbocycles. The summed E-state index contributed by atoms with van der Waals surface area (Å²) < 4.78 is 13.7. The van der Waals surface area contributed by atoms with E-state index in [1.54, 1.807) is 0 Å². The average Bonchev–Trinajstić information content (AvgIpc) is 3.41. The second-order valence-corrected chi connectivity index (χ2v) is 9.09. The lowest BCUT2D eigenvalue weighted by Gasteiger charge is -2.37. The first-order chi connectivity index (χ1) is 15.9. The molecule has 1 aliphatic carbocycles. The van der Waals surface area contributed by atoms with Crippen molar-refractivity contribution in [3.63, 3.8) is 0 Å². The number of halogens is 1. The quantitative estimate of drug-likeness (QED) is 0.597. The maximum atomic E-state index is 13.0. The number of benzene rings is 1. The van der Waals surface area contributed by atoms with Crippen LogP contribution in [-0.2, 0) is 6.42 Å². The van der Waals surface area contributed by atoms with E-state index in [9.17, 15) is 23.9 Å². The zero-order chi connectivity index (χ0) is 23.1. The monoisotopic (exact) mass is 452 g/mol. The molecular weight excluding hydrogens is 427 g/mol. The number of carboxylic acids is 1. The Hall–Kier alpha value is -3.49. The summed E-state index contributed by atoms with van der Waals surface area (Å²) in [6.07, 6.45) is 6.15. The van der Waals surface area contributed by atoms with Gasteiger partial charge in [-0.3, -0.25) is 14.0 Å². The molecule has 0 spiro atoms. The van der Waals surface area contributed by atoms with Crippen LogP contribution in [0.15, 0.2) is 35.1 Å². The van der Waals surface area contributed by atoms with Crippen LogP contribution >= 0.6 is 0 Å². The van der Waals surface area contributed by atoms with Gasteiger partial charge in [0.05, 0.1) is 12.4 Å². The molecule has 5 rings (SSSR count). The van der Waals surface area contributed by atoms with E-state index in [2.05, 4.69) is 10.1 Å². The van der Waals surface area contributed by atoms with Gasteiger partial charge in [-0.2, -0.15) is 9.61 Å². The number of nitrogens with one attached hydrogen (secondary N) is 1. The lowest BCUT2D eigenvalue weighted by Crippen LogP contribution is -2.51. The summed E-state index contributed by atoms with van der Waals surface area (Å²) in [5.41, 5.74) is 1.26. The van der Waals surface area contributed by atoms with Gasteiger partial charge in [-0.05, 0) is 23.5 Å². The van der Waals surface area contributed by atoms with E-state index in [1.807, 2.05) is 24.3 Å². The minimum atomic E-state index is -1.41. The van der Waals surface area contributed by atoms with Crippen LogP contribution in [0.2, 0.25) is 0 Å². The Morgan fingerprint density at radius 1 is 1.12 bits per heavy atom. The number of hydrogen-bond donors (Lipinski definition) is 2.